The van der Waals surface area contributed by atoms with Crippen LogP contribution >= 0.6 is 11.3 Å². The molecule has 0 spiro atoms. The van der Waals surface area contributed by atoms with E-state index >= 15 is 0 Å². The van der Waals surface area contributed by atoms with E-state index in [9.17, 15) is 9.59 Å². The van der Waals surface area contributed by atoms with Crippen molar-refractivity contribution in [3.05, 3.63) is 50.9 Å². The van der Waals surface area contributed by atoms with Gasteiger partial charge in [0.2, 0.25) is 0 Å². The second kappa shape index (κ2) is 6.76. The van der Waals surface area contributed by atoms with Gasteiger partial charge in [-0.15, -0.1) is 11.3 Å². The Labute approximate surface area is 148 Å². The van der Waals surface area contributed by atoms with Gasteiger partial charge in [0.05, 0.1) is 11.1 Å². The second-order valence-electron chi connectivity index (χ2n) is 6.20. The van der Waals surface area contributed by atoms with Gasteiger partial charge in [0.25, 0.3) is 11.5 Å². The van der Waals surface area contributed by atoms with Crippen LogP contribution < -0.4 is 10.9 Å². The van der Waals surface area contributed by atoms with Crippen LogP contribution in [0.3, 0.4) is 0 Å². The molecule has 0 saturated carbocycles. The molecule has 6 nitrogen and oxygen atoms in total. The Kier molecular flexibility index (Phi) is 4.31. The maximum Gasteiger partial charge on any atom is 0.278 e. The highest BCUT2D eigenvalue weighted by Crippen LogP contribution is 2.29. The molecule has 25 heavy (non-hydrogen) atoms. The first-order valence-electron chi connectivity index (χ1n) is 8.50. The highest BCUT2D eigenvalue weighted by Gasteiger charge is 2.18. The average Bonchev–Trinajstić information content (AvgIpc) is 2.96. The molecule has 0 aliphatic heterocycles. The van der Waals surface area contributed by atoms with Crippen molar-refractivity contribution in [1.29, 1.82) is 0 Å². The Balaban J connectivity index is 1.64. The number of nitrogens with zero attached hydrogens (tertiary/aromatic N) is 2. The van der Waals surface area contributed by atoms with Gasteiger partial charge in [-0.05, 0) is 31.7 Å². The zero-order valence-corrected chi connectivity index (χ0v) is 14.5. The standard InChI is InChI=1S/C18H18N4O2S/c23-16-12-8-6-5-7-11(12)15(21-22-16)17(24)20-18-19-13-9-3-1-2-4-10-14(13)25-18/h5-8H,1-4,9-10H2,(H,22,23)(H,19,20,24). The molecule has 7 heteroatoms. The van der Waals surface area contributed by atoms with Crippen molar-refractivity contribution in [3.8, 4) is 0 Å². The predicted octanol–water partition coefficient (Wildman–Crippen LogP) is 3.29. The fraction of sp³-hybridized carbons (Fsp3) is 0.333. The smallest absolute Gasteiger partial charge is 0.278 e. The first-order chi connectivity index (χ1) is 12.2. The average molecular weight is 354 g/mol. The Bertz CT molecular complexity index is 967. The summed E-state index contributed by atoms with van der Waals surface area (Å²) >= 11 is 1.55. The number of amides is 1. The molecule has 0 radical (unpaired) electrons. The molecule has 2 aromatic heterocycles. The van der Waals surface area contributed by atoms with Crippen molar-refractivity contribution < 1.29 is 4.79 Å². The Morgan fingerprint density at radius 1 is 1.08 bits per heavy atom. The maximum atomic E-state index is 12.7. The fourth-order valence-corrected chi connectivity index (χ4v) is 4.25. The SMILES string of the molecule is O=C(Nc1nc2c(s1)CCCCCC2)c1n[nH]c(=O)c2ccccc12. The van der Waals surface area contributed by atoms with E-state index in [0.29, 0.717) is 15.9 Å². The lowest BCUT2D eigenvalue weighted by molar-refractivity contribution is 0.102. The third kappa shape index (κ3) is 3.19. The zero-order valence-electron chi connectivity index (χ0n) is 13.7. The van der Waals surface area contributed by atoms with Gasteiger partial charge in [-0.25, -0.2) is 10.1 Å². The summed E-state index contributed by atoms with van der Waals surface area (Å²) in [6.07, 6.45) is 6.83. The third-order valence-corrected chi connectivity index (χ3v) is 5.55. The number of rotatable bonds is 2. The number of benzene rings is 1. The van der Waals surface area contributed by atoms with E-state index in [-0.39, 0.29) is 17.2 Å². The van der Waals surface area contributed by atoms with E-state index in [2.05, 4.69) is 20.5 Å². The fourth-order valence-electron chi connectivity index (χ4n) is 3.20. The molecule has 2 N–H and O–H groups in total. The molecule has 4 rings (SSSR count). The van der Waals surface area contributed by atoms with Gasteiger partial charge < -0.3 is 0 Å². The van der Waals surface area contributed by atoms with Crippen LogP contribution in [0, 0.1) is 0 Å². The summed E-state index contributed by atoms with van der Waals surface area (Å²) in [4.78, 5) is 30.4. The largest absolute Gasteiger partial charge is 0.296 e. The molecule has 0 unspecified atom stereocenters. The third-order valence-electron chi connectivity index (χ3n) is 4.48. The summed E-state index contributed by atoms with van der Waals surface area (Å²) in [7, 11) is 0. The first kappa shape index (κ1) is 16.0. The quantitative estimate of drug-likeness (QED) is 0.739. The number of aryl methyl sites for hydroxylation is 2. The topological polar surface area (TPSA) is 87.7 Å². The summed E-state index contributed by atoms with van der Waals surface area (Å²) in [5.74, 6) is -0.353. The van der Waals surface area contributed by atoms with Gasteiger partial charge in [0, 0.05) is 10.3 Å². The van der Waals surface area contributed by atoms with Crippen LogP contribution in [0.1, 0.15) is 46.7 Å². The van der Waals surface area contributed by atoms with Gasteiger partial charge in [-0.2, -0.15) is 5.10 Å². The number of hydrogen-bond acceptors (Lipinski definition) is 5. The van der Waals surface area contributed by atoms with E-state index in [1.807, 2.05) is 0 Å². The van der Waals surface area contributed by atoms with Crippen molar-refractivity contribution in [1.82, 2.24) is 15.2 Å². The molecule has 0 saturated heterocycles. The van der Waals surface area contributed by atoms with Gasteiger partial charge in [-0.1, -0.05) is 31.0 Å². The van der Waals surface area contributed by atoms with E-state index in [1.54, 1.807) is 35.6 Å². The van der Waals surface area contributed by atoms with E-state index < -0.39 is 0 Å². The second-order valence-corrected chi connectivity index (χ2v) is 7.29. The molecule has 3 aromatic rings. The van der Waals surface area contributed by atoms with Gasteiger partial charge in [-0.3, -0.25) is 14.9 Å². The maximum absolute atomic E-state index is 12.7. The number of hydrogen-bond donors (Lipinski definition) is 2. The van der Waals surface area contributed by atoms with Gasteiger partial charge in [0.15, 0.2) is 10.8 Å². The predicted molar refractivity (Wildman–Crippen MR) is 98.3 cm³/mol. The molecule has 0 bridgehead atoms. The Morgan fingerprint density at radius 2 is 1.84 bits per heavy atom. The van der Waals surface area contributed by atoms with Crippen molar-refractivity contribution in [3.63, 3.8) is 0 Å². The van der Waals surface area contributed by atoms with Crippen LogP contribution in [0.15, 0.2) is 29.1 Å². The lowest BCUT2D eigenvalue weighted by Gasteiger charge is -2.06. The van der Waals surface area contributed by atoms with Crippen LogP contribution in [0.2, 0.25) is 0 Å². The minimum atomic E-state index is -0.353. The molecule has 128 valence electrons. The summed E-state index contributed by atoms with van der Waals surface area (Å²) in [6, 6.07) is 6.96. The number of thiazole rings is 1. The highest BCUT2D eigenvalue weighted by molar-refractivity contribution is 7.15. The van der Waals surface area contributed by atoms with Crippen molar-refractivity contribution in [2.45, 2.75) is 38.5 Å². The molecule has 1 aliphatic carbocycles. The van der Waals surface area contributed by atoms with E-state index in [4.69, 9.17) is 0 Å². The number of anilines is 1. The molecular formula is C18H18N4O2S. The Morgan fingerprint density at radius 3 is 2.68 bits per heavy atom. The molecule has 2 heterocycles. The minimum absolute atomic E-state index is 0.206. The van der Waals surface area contributed by atoms with Crippen LogP contribution in [0.25, 0.3) is 10.8 Å². The van der Waals surface area contributed by atoms with Crippen LogP contribution in [0.4, 0.5) is 5.13 Å². The van der Waals surface area contributed by atoms with Crippen LogP contribution in [-0.2, 0) is 12.8 Å². The molecule has 0 fully saturated rings. The number of fused-ring (bicyclic) bond motifs is 2. The van der Waals surface area contributed by atoms with E-state index in [1.165, 1.54) is 24.1 Å². The number of aromatic amines is 1. The van der Waals surface area contributed by atoms with Gasteiger partial charge in [0.1, 0.15) is 0 Å². The molecule has 0 atom stereocenters. The zero-order chi connectivity index (χ0) is 17.2. The monoisotopic (exact) mass is 354 g/mol. The number of aromatic nitrogens is 3. The Hall–Kier alpha value is -2.54. The highest BCUT2D eigenvalue weighted by atomic mass is 32.1. The van der Waals surface area contributed by atoms with Crippen LogP contribution in [0.5, 0.6) is 0 Å². The lowest BCUT2D eigenvalue weighted by Crippen LogP contribution is -2.19. The van der Waals surface area contributed by atoms with Crippen molar-refractivity contribution >= 4 is 33.1 Å². The summed E-state index contributed by atoms with van der Waals surface area (Å²) < 4.78 is 0. The number of H-pyrrole nitrogens is 1. The first-order valence-corrected chi connectivity index (χ1v) is 9.31. The minimum Gasteiger partial charge on any atom is -0.296 e. The number of carbonyl (C=O) groups is 1. The lowest BCUT2D eigenvalue weighted by atomic mass is 10.0. The molecule has 1 amide bonds. The van der Waals surface area contributed by atoms with Crippen molar-refractivity contribution in [2.75, 3.05) is 5.32 Å². The van der Waals surface area contributed by atoms with Crippen molar-refractivity contribution in [2.24, 2.45) is 0 Å². The molecule has 1 aliphatic rings. The summed E-state index contributed by atoms with van der Waals surface area (Å²) in [6.45, 7) is 0. The summed E-state index contributed by atoms with van der Waals surface area (Å²) in [5.41, 5.74) is 1.02. The van der Waals surface area contributed by atoms with Gasteiger partial charge >= 0.3 is 0 Å². The number of nitrogens with one attached hydrogen (secondary N) is 2. The van der Waals surface area contributed by atoms with Crippen LogP contribution in [-0.4, -0.2) is 21.1 Å². The number of carbonyl (C=O) groups excluding carboxylic acids is 1. The molecular weight excluding hydrogens is 336 g/mol. The summed E-state index contributed by atoms with van der Waals surface area (Å²) in [5, 5.41) is 10.8. The normalized spacial score (nSPS) is 14.6. The van der Waals surface area contributed by atoms with E-state index in [0.717, 1.165) is 25.0 Å². The molecule has 1 aromatic carbocycles.